The van der Waals surface area contributed by atoms with Crippen molar-refractivity contribution < 1.29 is 9.32 Å². The number of amides is 1. The van der Waals surface area contributed by atoms with Crippen LogP contribution in [0.2, 0.25) is 0 Å². The lowest BCUT2D eigenvalue weighted by Crippen LogP contribution is -2.49. The van der Waals surface area contributed by atoms with Crippen LogP contribution in [-0.4, -0.2) is 16.6 Å². The Bertz CT molecular complexity index is 493. The van der Waals surface area contributed by atoms with Gasteiger partial charge in [0.05, 0.1) is 11.8 Å². The third-order valence-corrected chi connectivity index (χ3v) is 3.95. The van der Waals surface area contributed by atoms with Gasteiger partial charge in [0, 0.05) is 6.07 Å². The largest absolute Gasteiger partial charge is 0.351 e. The van der Waals surface area contributed by atoms with Crippen LogP contribution in [0, 0.1) is 24.2 Å². The Labute approximate surface area is 113 Å². The lowest BCUT2D eigenvalue weighted by Gasteiger charge is -2.34. The average Bonchev–Trinajstić information content (AvgIpc) is 2.86. The Balaban J connectivity index is 2.04. The molecule has 0 aliphatic heterocycles. The van der Waals surface area contributed by atoms with Crippen molar-refractivity contribution in [2.45, 2.75) is 51.5 Å². The highest BCUT2D eigenvalue weighted by atomic mass is 16.5. The molecule has 5 nitrogen and oxygen atoms in total. The molecule has 19 heavy (non-hydrogen) atoms. The Kier molecular flexibility index (Phi) is 3.89. The van der Waals surface area contributed by atoms with Gasteiger partial charge in [-0.15, -0.1) is 0 Å². The van der Waals surface area contributed by atoms with Crippen LogP contribution in [0.4, 0.5) is 0 Å². The third kappa shape index (κ3) is 2.95. The van der Waals surface area contributed by atoms with E-state index < -0.39 is 5.54 Å². The summed E-state index contributed by atoms with van der Waals surface area (Å²) in [7, 11) is 0. The van der Waals surface area contributed by atoms with Gasteiger partial charge >= 0.3 is 0 Å². The topological polar surface area (TPSA) is 78.9 Å². The Morgan fingerprint density at radius 1 is 1.63 bits per heavy atom. The molecule has 1 aliphatic rings. The second kappa shape index (κ2) is 5.43. The Hall–Kier alpha value is -1.83. The first-order valence-electron chi connectivity index (χ1n) is 6.75. The molecule has 5 heteroatoms. The standard InChI is InChI=1S/C14H19N3O2/c1-3-11-4-6-14(9-15,7-5-11)16-13(18)12-8-10(2)17-19-12/h8,11H,3-7H2,1-2H3,(H,16,18). The summed E-state index contributed by atoms with van der Waals surface area (Å²) >= 11 is 0. The monoisotopic (exact) mass is 261 g/mol. The fourth-order valence-corrected chi connectivity index (χ4v) is 2.59. The number of carbonyl (C=O) groups is 1. The quantitative estimate of drug-likeness (QED) is 0.907. The number of hydrogen-bond donors (Lipinski definition) is 1. The molecule has 1 N–H and O–H groups in total. The highest BCUT2D eigenvalue weighted by Crippen LogP contribution is 2.33. The number of nitriles is 1. The van der Waals surface area contributed by atoms with Gasteiger partial charge in [-0.25, -0.2) is 0 Å². The third-order valence-electron chi connectivity index (χ3n) is 3.95. The van der Waals surface area contributed by atoms with Crippen molar-refractivity contribution in [3.05, 3.63) is 17.5 Å². The first-order valence-corrected chi connectivity index (χ1v) is 6.75. The van der Waals surface area contributed by atoms with Crippen LogP contribution in [0.3, 0.4) is 0 Å². The van der Waals surface area contributed by atoms with E-state index in [1.807, 2.05) is 0 Å². The molecule has 1 saturated carbocycles. The van der Waals surface area contributed by atoms with Crippen LogP contribution in [-0.2, 0) is 0 Å². The zero-order valence-corrected chi connectivity index (χ0v) is 11.4. The number of carbonyl (C=O) groups excluding carboxylic acids is 1. The molecule has 1 aromatic rings. The SMILES string of the molecule is CCC1CCC(C#N)(NC(=O)c2cc(C)no2)CC1. The number of aryl methyl sites for hydroxylation is 1. The molecular formula is C14H19N3O2. The molecule has 0 aromatic carbocycles. The second-order valence-corrected chi connectivity index (χ2v) is 5.33. The summed E-state index contributed by atoms with van der Waals surface area (Å²) in [6.07, 6.45) is 4.53. The molecule has 0 saturated heterocycles. The van der Waals surface area contributed by atoms with Crippen LogP contribution in [0.15, 0.2) is 10.6 Å². The number of aromatic nitrogens is 1. The van der Waals surface area contributed by atoms with Crippen LogP contribution >= 0.6 is 0 Å². The zero-order chi connectivity index (χ0) is 13.9. The lowest BCUT2D eigenvalue weighted by molar-refractivity contribution is 0.0853. The minimum Gasteiger partial charge on any atom is -0.351 e. The van der Waals surface area contributed by atoms with Gasteiger partial charge in [-0.2, -0.15) is 5.26 Å². The van der Waals surface area contributed by atoms with E-state index in [0.29, 0.717) is 24.5 Å². The van der Waals surface area contributed by atoms with Crippen LogP contribution in [0.1, 0.15) is 55.3 Å². The summed E-state index contributed by atoms with van der Waals surface area (Å²) in [5, 5.41) is 15.9. The second-order valence-electron chi connectivity index (χ2n) is 5.33. The molecule has 102 valence electrons. The summed E-state index contributed by atoms with van der Waals surface area (Å²) < 4.78 is 4.93. The summed E-state index contributed by atoms with van der Waals surface area (Å²) in [6, 6.07) is 3.86. The number of rotatable bonds is 3. The normalized spacial score (nSPS) is 26.7. The molecule has 2 rings (SSSR count). The van der Waals surface area contributed by atoms with Crippen molar-refractivity contribution in [2.75, 3.05) is 0 Å². The van der Waals surface area contributed by atoms with E-state index in [4.69, 9.17) is 4.52 Å². The predicted octanol–water partition coefficient (Wildman–Crippen LogP) is 2.58. The van der Waals surface area contributed by atoms with E-state index in [1.165, 1.54) is 0 Å². The minimum atomic E-state index is -0.747. The summed E-state index contributed by atoms with van der Waals surface area (Å²) in [5.74, 6) is 0.493. The maximum atomic E-state index is 12.0. The molecule has 1 aliphatic carbocycles. The van der Waals surface area contributed by atoms with Gasteiger partial charge in [0.25, 0.3) is 5.91 Å². The van der Waals surface area contributed by atoms with Crippen molar-refractivity contribution in [1.29, 1.82) is 5.26 Å². The lowest BCUT2D eigenvalue weighted by atomic mass is 9.76. The smallest absolute Gasteiger partial charge is 0.291 e. The van der Waals surface area contributed by atoms with Crippen molar-refractivity contribution in [1.82, 2.24) is 10.5 Å². The van der Waals surface area contributed by atoms with E-state index in [0.717, 1.165) is 19.3 Å². The van der Waals surface area contributed by atoms with E-state index in [1.54, 1.807) is 13.0 Å². The Morgan fingerprint density at radius 3 is 2.79 bits per heavy atom. The molecule has 0 spiro atoms. The van der Waals surface area contributed by atoms with Crippen LogP contribution in [0.25, 0.3) is 0 Å². The van der Waals surface area contributed by atoms with Crippen molar-refractivity contribution >= 4 is 5.91 Å². The van der Waals surface area contributed by atoms with Gasteiger partial charge in [-0.05, 0) is 38.5 Å². The molecule has 1 heterocycles. The van der Waals surface area contributed by atoms with Gasteiger partial charge < -0.3 is 9.84 Å². The van der Waals surface area contributed by atoms with E-state index in [9.17, 15) is 10.1 Å². The van der Waals surface area contributed by atoms with Gasteiger partial charge in [0.1, 0.15) is 5.54 Å². The van der Waals surface area contributed by atoms with Crippen molar-refractivity contribution in [3.63, 3.8) is 0 Å². The van der Waals surface area contributed by atoms with Crippen molar-refractivity contribution in [3.8, 4) is 6.07 Å². The van der Waals surface area contributed by atoms with Gasteiger partial charge in [-0.1, -0.05) is 18.5 Å². The molecule has 1 amide bonds. The molecular weight excluding hydrogens is 242 g/mol. The molecule has 0 atom stereocenters. The van der Waals surface area contributed by atoms with Crippen molar-refractivity contribution in [2.24, 2.45) is 5.92 Å². The van der Waals surface area contributed by atoms with Crippen LogP contribution < -0.4 is 5.32 Å². The highest BCUT2D eigenvalue weighted by molar-refractivity contribution is 5.92. The highest BCUT2D eigenvalue weighted by Gasteiger charge is 2.37. The fraction of sp³-hybridized carbons (Fsp3) is 0.643. The molecule has 1 aromatic heterocycles. The van der Waals surface area contributed by atoms with Gasteiger partial charge in [0.15, 0.2) is 0 Å². The number of hydrogen-bond acceptors (Lipinski definition) is 4. The zero-order valence-electron chi connectivity index (χ0n) is 11.4. The maximum absolute atomic E-state index is 12.0. The van der Waals surface area contributed by atoms with E-state index in [2.05, 4.69) is 23.5 Å². The predicted molar refractivity (Wildman–Crippen MR) is 69.3 cm³/mol. The minimum absolute atomic E-state index is 0.171. The first kappa shape index (κ1) is 13.6. The summed E-state index contributed by atoms with van der Waals surface area (Å²) in [5.41, 5.74) is -0.0884. The Morgan fingerprint density at radius 2 is 2.32 bits per heavy atom. The van der Waals surface area contributed by atoms with E-state index in [-0.39, 0.29) is 11.7 Å². The number of nitrogens with zero attached hydrogens (tertiary/aromatic N) is 2. The average molecular weight is 261 g/mol. The maximum Gasteiger partial charge on any atom is 0.291 e. The summed E-state index contributed by atoms with van der Waals surface area (Å²) in [4.78, 5) is 12.0. The molecule has 0 unspecified atom stereocenters. The molecule has 1 fully saturated rings. The number of nitrogens with one attached hydrogen (secondary N) is 1. The first-order chi connectivity index (χ1) is 9.08. The molecule has 0 bridgehead atoms. The van der Waals surface area contributed by atoms with Crippen LogP contribution in [0.5, 0.6) is 0 Å². The molecule has 0 radical (unpaired) electrons. The summed E-state index contributed by atoms with van der Waals surface area (Å²) in [6.45, 7) is 3.92. The van der Waals surface area contributed by atoms with Gasteiger partial charge in [-0.3, -0.25) is 4.79 Å². The van der Waals surface area contributed by atoms with Gasteiger partial charge in [0.2, 0.25) is 5.76 Å². The van der Waals surface area contributed by atoms with E-state index >= 15 is 0 Å². The fourth-order valence-electron chi connectivity index (χ4n) is 2.59.